The third-order valence-corrected chi connectivity index (χ3v) is 7.16. The summed E-state index contributed by atoms with van der Waals surface area (Å²) in [6.45, 7) is 0.214. The molecule has 9 nitrogen and oxygen atoms in total. The number of fused-ring (bicyclic) bond motifs is 1. The highest BCUT2D eigenvalue weighted by Gasteiger charge is 2.39. The number of halogens is 1. The minimum atomic E-state index is -4.04. The topological polar surface area (TPSA) is 119 Å². The lowest BCUT2D eigenvalue weighted by Gasteiger charge is -2.39. The van der Waals surface area contributed by atoms with Crippen LogP contribution in [0.25, 0.3) is 11.0 Å². The summed E-state index contributed by atoms with van der Waals surface area (Å²) < 4.78 is 32.8. The van der Waals surface area contributed by atoms with Gasteiger partial charge in [-0.25, -0.2) is 13.4 Å². The average Bonchev–Trinajstić information content (AvgIpc) is 3.20. The predicted octanol–water partition coefficient (Wildman–Crippen LogP) is 2.14. The molecule has 1 aliphatic rings. The van der Waals surface area contributed by atoms with E-state index in [9.17, 15) is 13.2 Å². The molecule has 0 spiro atoms. The van der Waals surface area contributed by atoms with E-state index in [1.165, 1.54) is 7.11 Å². The van der Waals surface area contributed by atoms with Gasteiger partial charge in [0.05, 0.1) is 41.9 Å². The summed E-state index contributed by atoms with van der Waals surface area (Å²) in [5, 5.41) is 9.17. The van der Waals surface area contributed by atoms with E-state index in [0.29, 0.717) is 21.6 Å². The van der Waals surface area contributed by atoms with Crippen LogP contribution in [0.3, 0.4) is 0 Å². The van der Waals surface area contributed by atoms with Crippen LogP contribution in [0.5, 0.6) is 0 Å². The normalized spacial score (nSPS) is 17.6. The second-order valence-electron chi connectivity index (χ2n) is 7.44. The van der Waals surface area contributed by atoms with Crippen molar-refractivity contribution >= 4 is 38.6 Å². The Balaban J connectivity index is 1.58. The van der Waals surface area contributed by atoms with E-state index in [1.54, 1.807) is 47.4 Å². The number of nitrogens with zero attached hydrogens (tertiary/aromatic N) is 4. The van der Waals surface area contributed by atoms with Gasteiger partial charge in [-0.1, -0.05) is 23.7 Å². The van der Waals surface area contributed by atoms with E-state index in [-0.39, 0.29) is 37.3 Å². The molecule has 2 aromatic carbocycles. The van der Waals surface area contributed by atoms with Gasteiger partial charge in [0, 0.05) is 25.2 Å². The number of imidazole rings is 1. The molecule has 0 aliphatic carbocycles. The molecule has 3 aromatic rings. The number of aromatic amines is 1. The van der Waals surface area contributed by atoms with E-state index in [1.807, 2.05) is 0 Å². The number of amides is 1. The van der Waals surface area contributed by atoms with E-state index in [2.05, 4.69) is 16.0 Å². The van der Waals surface area contributed by atoms with Gasteiger partial charge >= 0.3 is 0 Å². The van der Waals surface area contributed by atoms with Crippen molar-refractivity contribution in [3.8, 4) is 6.07 Å². The molecule has 0 bridgehead atoms. The highest BCUT2D eigenvalue weighted by Crippen LogP contribution is 2.24. The van der Waals surface area contributed by atoms with E-state index in [0.717, 1.165) is 9.87 Å². The summed E-state index contributed by atoms with van der Waals surface area (Å²) in [5.41, 5.74) is 2.32. The number of H-pyrrole nitrogens is 1. The van der Waals surface area contributed by atoms with Crippen molar-refractivity contribution in [3.05, 3.63) is 58.6 Å². The van der Waals surface area contributed by atoms with Crippen molar-refractivity contribution in [2.75, 3.05) is 26.8 Å². The lowest BCUT2D eigenvalue weighted by atomic mass is 10.1. The zero-order chi connectivity index (χ0) is 22.9. The highest BCUT2D eigenvalue weighted by atomic mass is 35.5. The molecule has 11 heteroatoms. The first-order valence-corrected chi connectivity index (χ1v) is 11.6. The number of sulfonamides is 1. The van der Waals surface area contributed by atoms with Gasteiger partial charge < -0.3 is 14.6 Å². The first kappa shape index (κ1) is 22.2. The molecule has 1 N–H and O–H groups in total. The summed E-state index contributed by atoms with van der Waals surface area (Å²) >= 11 is 5.98. The van der Waals surface area contributed by atoms with Gasteiger partial charge in [0.2, 0.25) is 11.1 Å². The minimum Gasteiger partial charge on any atom is -0.382 e. The average molecular weight is 474 g/mol. The third-order valence-electron chi connectivity index (χ3n) is 5.29. The van der Waals surface area contributed by atoms with Gasteiger partial charge in [-0.2, -0.15) is 9.57 Å². The van der Waals surface area contributed by atoms with Crippen molar-refractivity contribution in [1.82, 2.24) is 19.2 Å². The summed E-state index contributed by atoms with van der Waals surface area (Å²) in [5.74, 6) is -0.342. The van der Waals surface area contributed by atoms with Gasteiger partial charge in [-0.3, -0.25) is 4.79 Å². The van der Waals surface area contributed by atoms with Gasteiger partial charge in [0.1, 0.15) is 0 Å². The Bertz CT molecular complexity index is 1300. The number of carbonyl (C=O) groups excluding carboxylic acids is 1. The maximum Gasteiger partial charge on any atom is 0.277 e. The second-order valence-corrected chi connectivity index (χ2v) is 9.73. The fourth-order valence-electron chi connectivity index (χ4n) is 3.66. The smallest absolute Gasteiger partial charge is 0.277 e. The molecule has 1 atom stereocenters. The molecular weight excluding hydrogens is 454 g/mol. The highest BCUT2D eigenvalue weighted by molar-refractivity contribution is 7.89. The third kappa shape index (κ3) is 4.33. The Hall–Kier alpha value is -2.97. The minimum absolute atomic E-state index is 0.0655. The summed E-state index contributed by atoms with van der Waals surface area (Å²) in [7, 11) is -2.54. The lowest BCUT2D eigenvalue weighted by Crippen LogP contribution is -2.58. The molecular formula is C21H20ClN5O4S. The van der Waals surface area contributed by atoms with Crippen molar-refractivity contribution in [3.63, 3.8) is 0 Å². The number of rotatable bonds is 6. The summed E-state index contributed by atoms with van der Waals surface area (Å²) in [6.07, 6.45) is 0. The Morgan fingerprint density at radius 1 is 1.28 bits per heavy atom. The molecule has 1 fully saturated rings. The van der Waals surface area contributed by atoms with Crippen LogP contribution in [0.4, 0.5) is 0 Å². The predicted molar refractivity (Wildman–Crippen MR) is 117 cm³/mol. The molecule has 1 aliphatic heterocycles. The number of hydrogen-bond donors (Lipinski definition) is 1. The standard InChI is InChI=1S/C21H20ClN5O4S/c1-31-13-17-11-26(12-20(28)27(17)10-15-4-2-14(9-23)3-5-15)32(29,30)21-24-18-7-6-16(22)8-19(18)25-21/h2-8,17H,10-13H2,1H3,(H,24,25). The molecule has 1 aromatic heterocycles. The van der Waals surface area contributed by atoms with Crippen LogP contribution < -0.4 is 0 Å². The van der Waals surface area contributed by atoms with E-state index < -0.39 is 16.1 Å². The maximum atomic E-state index is 13.2. The first-order chi connectivity index (χ1) is 15.3. The lowest BCUT2D eigenvalue weighted by molar-refractivity contribution is -0.139. The quantitative estimate of drug-likeness (QED) is 0.585. The van der Waals surface area contributed by atoms with Gasteiger partial charge in [0.15, 0.2) is 0 Å². The van der Waals surface area contributed by atoms with Crippen LogP contribution in [-0.4, -0.2) is 66.3 Å². The molecule has 0 saturated carbocycles. The molecule has 1 saturated heterocycles. The van der Waals surface area contributed by atoms with Crippen molar-refractivity contribution < 1.29 is 17.9 Å². The Morgan fingerprint density at radius 3 is 2.72 bits per heavy atom. The van der Waals surface area contributed by atoms with Crippen molar-refractivity contribution in [2.24, 2.45) is 0 Å². The number of hydrogen-bond acceptors (Lipinski definition) is 6. The van der Waals surface area contributed by atoms with E-state index in [4.69, 9.17) is 21.6 Å². The van der Waals surface area contributed by atoms with Gasteiger partial charge in [-0.15, -0.1) is 0 Å². The number of aromatic nitrogens is 2. The number of nitriles is 1. The van der Waals surface area contributed by atoms with Crippen LogP contribution >= 0.6 is 11.6 Å². The van der Waals surface area contributed by atoms with Crippen molar-refractivity contribution in [1.29, 1.82) is 5.26 Å². The largest absolute Gasteiger partial charge is 0.382 e. The van der Waals surface area contributed by atoms with Crippen LogP contribution in [0, 0.1) is 11.3 Å². The molecule has 32 heavy (non-hydrogen) atoms. The Morgan fingerprint density at radius 2 is 2.03 bits per heavy atom. The van der Waals surface area contributed by atoms with E-state index >= 15 is 0 Å². The van der Waals surface area contributed by atoms with Crippen LogP contribution in [0.2, 0.25) is 5.02 Å². The molecule has 1 amide bonds. The fourth-order valence-corrected chi connectivity index (χ4v) is 5.18. The second kappa shape index (κ2) is 8.88. The monoisotopic (exact) mass is 473 g/mol. The molecule has 0 radical (unpaired) electrons. The van der Waals surface area contributed by atoms with Gasteiger partial charge in [0.25, 0.3) is 10.0 Å². The fraction of sp³-hybridized carbons (Fsp3) is 0.286. The van der Waals surface area contributed by atoms with Crippen molar-refractivity contribution in [2.45, 2.75) is 17.7 Å². The molecule has 1 unspecified atom stereocenters. The number of nitrogens with one attached hydrogen (secondary N) is 1. The zero-order valence-corrected chi connectivity index (χ0v) is 18.7. The summed E-state index contributed by atoms with van der Waals surface area (Å²) in [4.78, 5) is 21.5. The zero-order valence-electron chi connectivity index (χ0n) is 17.2. The SMILES string of the molecule is COCC1CN(S(=O)(=O)c2nc3ccc(Cl)cc3[nH]2)CC(=O)N1Cc1ccc(C#N)cc1. The van der Waals surface area contributed by atoms with Crippen LogP contribution in [-0.2, 0) is 26.1 Å². The first-order valence-electron chi connectivity index (χ1n) is 9.74. The summed E-state index contributed by atoms with van der Waals surface area (Å²) in [6, 6.07) is 13.3. The van der Waals surface area contributed by atoms with Gasteiger partial charge in [-0.05, 0) is 35.9 Å². The Kier molecular flexibility index (Phi) is 6.17. The Labute approximate surface area is 190 Å². The molecule has 4 rings (SSSR count). The number of ether oxygens (including phenoxy) is 1. The molecule has 2 heterocycles. The molecule has 166 valence electrons. The number of carbonyl (C=O) groups is 1. The number of piperazine rings is 1. The van der Waals surface area contributed by atoms with Crippen LogP contribution in [0.15, 0.2) is 47.6 Å². The van der Waals surface area contributed by atoms with Crippen LogP contribution in [0.1, 0.15) is 11.1 Å². The maximum absolute atomic E-state index is 13.2. The number of benzene rings is 2. The number of methoxy groups -OCH3 is 1.